The molecule has 3 rings (SSSR count). The van der Waals surface area contributed by atoms with Gasteiger partial charge in [0.25, 0.3) is 5.56 Å². The second-order valence-electron chi connectivity index (χ2n) is 7.36. The Morgan fingerprint density at radius 1 is 1.24 bits per heavy atom. The number of carbonyl (C=O) groups is 1. The number of hydrogen-bond acceptors (Lipinski definition) is 8. The maximum absolute atomic E-state index is 12.3. The van der Waals surface area contributed by atoms with Crippen molar-refractivity contribution in [2.24, 2.45) is 0 Å². The van der Waals surface area contributed by atoms with E-state index in [0.717, 1.165) is 4.57 Å². The fraction of sp³-hybridized carbons (Fsp3) is 0.435. The molecule has 0 spiro atoms. The Bertz CT molecular complexity index is 1120. The van der Waals surface area contributed by atoms with Gasteiger partial charge in [-0.25, -0.2) is 4.79 Å². The van der Waals surface area contributed by atoms with Crippen molar-refractivity contribution in [1.82, 2.24) is 9.55 Å². The van der Waals surface area contributed by atoms with Crippen LogP contribution in [0.2, 0.25) is 0 Å². The van der Waals surface area contributed by atoms with Gasteiger partial charge >= 0.3 is 11.7 Å². The second-order valence-corrected chi connectivity index (χ2v) is 7.36. The van der Waals surface area contributed by atoms with E-state index in [1.165, 1.54) is 20.4 Å². The van der Waals surface area contributed by atoms with Gasteiger partial charge in [0.05, 0.1) is 6.61 Å². The molecule has 33 heavy (non-hydrogen) atoms. The van der Waals surface area contributed by atoms with E-state index in [4.69, 9.17) is 18.9 Å². The molecule has 4 atom stereocenters. The summed E-state index contributed by atoms with van der Waals surface area (Å²) < 4.78 is 22.4. The third kappa shape index (κ3) is 6.18. The molecular weight excluding hydrogens is 432 g/mol. The number of ether oxygens (including phenoxy) is 4. The maximum Gasteiger partial charge on any atom is 0.330 e. The minimum atomic E-state index is -1.16. The van der Waals surface area contributed by atoms with Crippen LogP contribution in [0.1, 0.15) is 31.1 Å². The van der Waals surface area contributed by atoms with Gasteiger partial charge in [0.15, 0.2) is 6.23 Å². The van der Waals surface area contributed by atoms with Crippen molar-refractivity contribution in [3.63, 3.8) is 0 Å². The molecule has 10 heteroatoms. The fourth-order valence-corrected chi connectivity index (χ4v) is 3.45. The highest BCUT2D eigenvalue weighted by molar-refractivity contribution is 5.72. The van der Waals surface area contributed by atoms with E-state index < -0.39 is 35.8 Å². The van der Waals surface area contributed by atoms with Crippen LogP contribution in [-0.4, -0.2) is 59.8 Å². The van der Waals surface area contributed by atoms with Gasteiger partial charge in [-0.2, -0.15) is 0 Å². The highest BCUT2D eigenvalue weighted by Gasteiger charge is 2.45. The van der Waals surface area contributed by atoms with Crippen molar-refractivity contribution < 1.29 is 28.8 Å². The molecule has 10 nitrogen and oxygen atoms in total. The average Bonchev–Trinajstić information content (AvgIpc) is 3.10. The van der Waals surface area contributed by atoms with E-state index in [2.05, 4.69) is 16.8 Å². The standard InChI is InChI=1S/C23H26N2O8/c1-30-14-17-20(31-2)19(27)22(33-17)25-13-15(21(28)24-23(25)29)9-5-3-8-12-18(26)32-16-10-6-4-7-11-16/h4,6-7,10-11,13,17,19-20,22,27H,3,8,12,14H2,1-2H3,(H,24,28,29)/t17-,19?,20+,22-/m1/s1. The van der Waals surface area contributed by atoms with Crippen LogP contribution in [0, 0.1) is 11.8 Å². The number of hydrogen-bond donors (Lipinski definition) is 2. The SMILES string of the molecule is COC[C@H]1O[C@@H](n2cc(C#CCCCC(=O)Oc3ccccc3)c(=O)[nH]c2=O)C(O)[C@H]1OC. The summed E-state index contributed by atoms with van der Waals surface area (Å²) in [7, 11) is 2.90. The third-order valence-electron chi connectivity index (χ3n) is 5.04. The van der Waals surface area contributed by atoms with E-state index in [1.807, 2.05) is 6.07 Å². The molecule has 1 aliphatic heterocycles. The molecule has 0 aliphatic carbocycles. The fourth-order valence-electron chi connectivity index (χ4n) is 3.45. The molecule has 1 unspecified atom stereocenters. The van der Waals surface area contributed by atoms with Crippen LogP contribution in [0.15, 0.2) is 46.1 Å². The van der Waals surface area contributed by atoms with Crippen molar-refractivity contribution in [3.05, 3.63) is 62.9 Å². The number of aliphatic hydroxyl groups excluding tert-OH is 1. The van der Waals surface area contributed by atoms with Gasteiger partial charge in [0.2, 0.25) is 0 Å². The molecule has 1 aromatic heterocycles. The first-order chi connectivity index (χ1) is 15.9. The number of aliphatic hydroxyl groups is 1. The third-order valence-corrected chi connectivity index (χ3v) is 5.04. The predicted molar refractivity (Wildman–Crippen MR) is 117 cm³/mol. The molecule has 2 N–H and O–H groups in total. The first-order valence-electron chi connectivity index (χ1n) is 10.4. The normalized spacial score (nSPS) is 21.9. The highest BCUT2D eigenvalue weighted by Crippen LogP contribution is 2.30. The Balaban J connectivity index is 1.64. The number of para-hydroxylation sites is 1. The lowest BCUT2D eigenvalue weighted by Gasteiger charge is -2.18. The quantitative estimate of drug-likeness (QED) is 0.254. The Hall–Kier alpha value is -3.23. The van der Waals surface area contributed by atoms with Crippen LogP contribution in [0.4, 0.5) is 0 Å². The van der Waals surface area contributed by atoms with E-state index in [9.17, 15) is 19.5 Å². The van der Waals surface area contributed by atoms with Crippen LogP contribution in [0.5, 0.6) is 5.75 Å². The summed E-state index contributed by atoms with van der Waals surface area (Å²) in [6, 6.07) is 8.75. The van der Waals surface area contributed by atoms with E-state index in [-0.39, 0.29) is 24.6 Å². The van der Waals surface area contributed by atoms with E-state index in [1.54, 1.807) is 24.3 Å². The predicted octanol–water partition coefficient (Wildman–Crippen LogP) is 0.584. The van der Waals surface area contributed by atoms with Gasteiger partial charge in [0, 0.05) is 33.3 Å². The molecule has 2 heterocycles. The van der Waals surface area contributed by atoms with Crippen molar-refractivity contribution in [2.75, 3.05) is 20.8 Å². The molecule has 2 aromatic rings. The zero-order valence-corrected chi connectivity index (χ0v) is 18.4. The number of carbonyl (C=O) groups excluding carboxylic acids is 1. The molecule has 176 valence electrons. The number of nitrogens with one attached hydrogen (secondary N) is 1. The zero-order chi connectivity index (χ0) is 23.8. The minimum Gasteiger partial charge on any atom is -0.427 e. The topological polar surface area (TPSA) is 129 Å². The lowest BCUT2D eigenvalue weighted by Crippen LogP contribution is -2.39. The summed E-state index contributed by atoms with van der Waals surface area (Å²) in [6.45, 7) is 0.156. The number of methoxy groups -OCH3 is 2. The number of H-pyrrole nitrogens is 1. The number of nitrogens with zero attached hydrogens (tertiary/aromatic N) is 1. The van der Waals surface area contributed by atoms with Gasteiger partial charge in [0.1, 0.15) is 29.6 Å². The zero-order valence-electron chi connectivity index (χ0n) is 18.4. The van der Waals surface area contributed by atoms with Crippen LogP contribution in [0.25, 0.3) is 0 Å². The van der Waals surface area contributed by atoms with Gasteiger partial charge in [-0.15, -0.1) is 0 Å². The summed E-state index contributed by atoms with van der Waals surface area (Å²) in [4.78, 5) is 38.5. The number of rotatable bonds is 8. The maximum atomic E-state index is 12.3. The van der Waals surface area contributed by atoms with E-state index in [0.29, 0.717) is 18.6 Å². The minimum absolute atomic E-state index is 0.0291. The molecule has 0 bridgehead atoms. The molecule has 0 radical (unpaired) electrons. The first kappa shape index (κ1) is 24.4. The lowest BCUT2D eigenvalue weighted by atomic mass is 10.1. The van der Waals surface area contributed by atoms with Crippen molar-refractivity contribution in [1.29, 1.82) is 0 Å². The van der Waals surface area contributed by atoms with Crippen LogP contribution < -0.4 is 16.0 Å². The summed E-state index contributed by atoms with van der Waals surface area (Å²) in [5.74, 6) is 5.62. The van der Waals surface area contributed by atoms with Crippen LogP contribution in [0.3, 0.4) is 0 Å². The number of benzene rings is 1. The van der Waals surface area contributed by atoms with Crippen LogP contribution in [-0.2, 0) is 19.0 Å². The Kier molecular flexibility index (Phi) is 8.57. The Morgan fingerprint density at radius 2 is 2.00 bits per heavy atom. The molecule has 1 fully saturated rings. The number of unbranched alkanes of at least 4 members (excludes halogenated alkanes) is 1. The summed E-state index contributed by atoms with van der Waals surface area (Å²) in [5.41, 5.74) is -1.37. The Labute approximate surface area is 190 Å². The molecule has 1 aliphatic rings. The second kappa shape index (κ2) is 11.6. The summed E-state index contributed by atoms with van der Waals surface area (Å²) >= 11 is 0. The largest absolute Gasteiger partial charge is 0.427 e. The van der Waals surface area contributed by atoms with Gasteiger partial charge in [-0.3, -0.25) is 19.1 Å². The molecule has 1 aromatic carbocycles. The highest BCUT2D eigenvalue weighted by atomic mass is 16.6. The monoisotopic (exact) mass is 458 g/mol. The van der Waals surface area contributed by atoms with Gasteiger partial charge in [-0.1, -0.05) is 30.0 Å². The summed E-state index contributed by atoms with van der Waals surface area (Å²) in [6.07, 6.45) is -1.35. The van der Waals surface area contributed by atoms with Gasteiger partial charge in [-0.05, 0) is 18.6 Å². The number of esters is 1. The molecule has 0 saturated carbocycles. The van der Waals surface area contributed by atoms with Crippen LogP contribution >= 0.6 is 0 Å². The van der Waals surface area contributed by atoms with E-state index >= 15 is 0 Å². The molecule has 1 saturated heterocycles. The molecular formula is C23H26N2O8. The average molecular weight is 458 g/mol. The Morgan fingerprint density at radius 3 is 2.70 bits per heavy atom. The van der Waals surface area contributed by atoms with Crippen molar-refractivity contribution >= 4 is 5.97 Å². The number of aromatic amines is 1. The van der Waals surface area contributed by atoms with Crippen molar-refractivity contribution in [2.45, 2.75) is 43.8 Å². The summed E-state index contributed by atoms with van der Waals surface area (Å²) in [5, 5.41) is 10.6. The van der Waals surface area contributed by atoms with Crippen molar-refractivity contribution in [3.8, 4) is 17.6 Å². The smallest absolute Gasteiger partial charge is 0.330 e. The number of aromatic nitrogens is 2. The molecule has 0 amide bonds. The van der Waals surface area contributed by atoms with Gasteiger partial charge < -0.3 is 24.1 Å². The first-order valence-corrected chi connectivity index (χ1v) is 10.4. The lowest BCUT2D eigenvalue weighted by molar-refractivity contribution is -0.134.